The van der Waals surface area contributed by atoms with E-state index in [2.05, 4.69) is 13.8 Å². The largest absolute Gasteiger partial charge is 2.00 e. The summed E-state index contributed by atoms with van der Waals surface area (Å²) in [5, 5.41) is 2.69. The summed E-state index contributed by atoms with van der Waals surface area (Å²) in [5.74, 6) is 0. The Morgan fingerprint density at radius 2 is 0.755 bits per heavy atom. The molecule has 0 aliphatic rings. The summed E-state index contributed by atoms with van der Waals surface area (Å²) < 4.78 is 69.3. The molecule has 0 aliphatic carbocycles. The van der Waals surface area contributed by atoms with Gasteiger partial charge in [0, 0.05) is 0 Å². The first-order valence-corrected chi connectivity index (χ1v) is 20.8. The van der Waals surface area contributed by atoms with Gasteiger partial charge in [-0.15, -0.1) is 0 Å². The van der Waals surface area contributed by atoms with Crippen LogP contribution in [-0.2, 0) is 33.1 Å². The van der Waals surface area contributed by atoms with E-state index in [0.29, 0.717) is 10.8 Å². The molecule has 9 heteroatoms. The second-order valence-electron chi connectivity index (χ2n) is 13.0. The molecule has 0 saturated carbocycles. The Hall–Kier alpha value is -1.52. The van der Waals surface area contributed by atoms with Crippen LogP contribution < -0.4 is 0 Å². The molecule has 0 radical (unpaired) electrons. The molecule has 0 aliphatic heterocycles. The Morgan fingerprint density at radius 1 is 0.449 bits per heavy atom. The molecule has 6 nitrogen and oxygen atoms in total. The van der Waals surface area contributed by atoms with Crippen molar-refractivity contribution in [3.8, 4) is 0 Å². The first-order chi connectivity index (χ1) is 23.0. The van der Waals surface area contributed by atoms with E-state index in [1.54, 1.807) is 36.4 Å². The van der Waals surface area contributed by atoms with Gasteiger partial charge in [-0.2, -0.15) is 0 Å². The van der Waals surface area contributed by atoms with Crippen LogP contribution in [0, 0.1) is 0 Å². The van der Waals surface area contributed by atoms with E-state index >= 15 is 0 Å². The van der Waals surface area contributed by atoms with Crippen molar-refractivity contribution < 1.29 is 25.9 Å². The zero-order valence-corrected chi connectivity index (χ0v) is 33.5. The van der Waals surface area contributed by atoms with Crippen LogP contribution in [0.5, 0.6) is 0 Å². The minimum absolute atomic E-state index is 0. The molecule has 0 saturated heterocycles. The van der Waals surface area contributed by atoms with Gasteiger partial charge < -0.3 is 9.11 Å². The molecular formula is C40H54CaO6S2. The summed E-state index contributed by atoms with van der Waals surface area (Å²) in [4.78, 5) is -0.176. The smallest absolute Gasteiger partial charge is 0.744 e. The minimum Gasteiger partial charge on any atom is -0.744 e. The second-order valence-corrected chi connectivity index (χ2v) is 15.7. The van der Waals surface area contributed by atoms with Crippen LogP contribution in [0.2, 0.25) is 0 Å². The van der Waals surface area contributed by atoms with E-state index in [4.69, 9.17) is 0 Å². The van der Waals surface area contributed by atoms with Crippen molar-refractivity contribution in [1.29, 1.82) is 0 Å². The predicted octanol–water partition coefficient (Wildman–Crippen LogP) is 10.5. The third-order valence-corrected chi connectivity index (χ3v) is 10.7. The van der Waals surface area contributed by atoms with Gasteiger partial charge in [0.1, 0.15) is 20.2 Å². The SMILES string of the molecule is CCCCCCCCCCc1cc(S(=O)(=O)[O-])c2ccccc2c1.CCCCCCCCCCc1cc(S(=O)(=O)[O-])c2ccccc2c1.[Ca+2]. The van der Waals surface area contributed by atoms with Crippen molar-refractivity contribution in [2.24, 2.45) is 0 Å². The summed E-state index contributed by atoms with van der Waals surface area (Å²) in [6.07, 6.45) is 21.5. The molecule has 0 heterocycles. The molecule has 4 aromatic rings. The van der Waals surface area contributed by atoms with Crippen LogP contribution in [0.1, 0.15) is 128 Å². The third kappa shape index (κ3) is 15.7. The van der Waals surface area contributed by atoms with E-state index < -0.39 is 20.2 Å². The Balaban J connectivity index is 0.000000333. The van der Waals surface area contributed by atoms with Gasteiger partial charge in [-0.05, 0) is 70.5 Å². The molecule has 4 aromatic carbocycles. The van der Waals surface area contributed by atoms with E-state index in [1.165, 1.54) is 77.0 Å². The van der Waals surface area contributed by atoms with Crippen molar-refractivity contribution >= 4 is 79.5 Å². The Morgan fingerprint density at radius 3 is 1.08 bits per heavy atom. The van der Waals surface area contributed by atoms with Crippen LogP contribution >= 0.6 is 0 Å². The van der Waals surface area contributed by atoms with Gasteiger partial charge in [-0.3, -0.25) is 0 Å². The quantitative estimate of drug-likeness (QED) is 0.0507. The van der Waals surface area contributed by atoms with Gasteiger partial charge in [0.25, 0.3) is 0 Å². The Bertz CT molecular complexity index is 1640. The van der Waals surface area contributed by atoms with Crippen LogP contribution in [0.15, 0.2) is 82.6 Å². The summed E-state index contributed by atoms with van der Waals surface area (Å²) in [5.41, 5.74) is 1.88. The molecule has 0 aromatic heterocycles. The molecular weight excluding hydrogens is 681 g/mol. The number of hydrogen-bond donors (Lipinski definition) is 0. The fourth-order valence-electron chi connectivity index (χ4n) is 6.30. The van der Waals surface area contributed by atoms with Gasteiger partial charge in [0.05, 0.1) is 9.79 Å². The summed E-state index contributed by atoms with van der Waals surface area (Å²) in [6.45, 7) is 4.44. The Labute approximate surface area is 326 Å². The van der Waals surface area contributed by atoms with Gasteiger partial charge in [0.15, 0.2) is 0 Å². The molecule has 4 rings (SSSR count). The summed E-state index contributed by atoms with van der Waals surface area (Å²) in [7, 11) is -8.90. The second kappa shape index (κ2) is 23.1. The number of unbranched alkanes of at least 4 members (excludes halogenated alkanes) is 14. The number of hydrogen-bond acceptors (Lipinski definition) is 6. The van der Waals surface area contributed by atoms with Gasteiger partial charge in [-0.1, -0.05) is 164 Å². The zero-order valence-electron chi connectivity index (χ0n) is 29.6. The van der Waals surface area contributed by atoms with Crippen LogP contribution in [0.25, 0.3) is 21.5 Å². The first-order valence-electron chi connectivity index (χ1n) is 18.0. The number of aryl methyl sites for hydroxylation is 2. The molecule has 0 atom stereocenters. The number of fused-ring (bicyclic) bond motifs is 2. The van der Waals surface area contributed by atoms with E-state index in [-0.39, 0.29) is 47.5 Å². The van der Waals surface area contributed by atoms with Crippen LogP contribution in [0.3, 0.4) is 0 Å². The molecule has 0 unspecified atom stereocenters. The number of rotatable bonds is 20. The maximum atomic E-state index is 11.5. The first kappa shape index (κ1) is 43.6. The predicted molar refractivity (Wildman–Crippen MR) is 202 cm³/mol. The number of benzene rings is 4. The maximum absolute atomic E-state index is 11.5. The van der Waals surface area contributed by atoms with Gasteiger partial charge >= 0.3 is 37.7 Å². The van der Waals surface area contributed by atoms with Crippen molar-refractivity contribution in [3.05, 3.63) is 83.9 Å². The van der Waals surface area contributed by atoms with Crippen molar-refractivity contribution in [2.75, 3.05) is 0 Å². The summed E-state index contributed by atoms with van der Waals surface area (Å²) >= 11 is 0. The molecule has 264 valence electrons. The van der Waals surface area contributed by atoms with Gasteiger partial charge in [-0.25, -0.2) is 16.8 Å². The molecule has 0 bridgehead atoms. The fraction of sp³-hybridized carbons (Fsp3) is 0.500. The van der Waals surface area contributed by atoms with E-state index in [0.717, 1.165) is 60.4 Å². The van der Waals surface area contributed by atoms with Crippen molar-refractivity contribution in [3.63, 3.8) is 0 Å². The maximum Gasteiger partial charge on any atom is 2.00 e. The van der Waals surface area contributed by atoms with E-state index in [1.807, 2.05) is 36.4 Å². The van der Waals surface area contributed by atoms with E-state index in [9.17, 15) is 25.9 Å². The average molecular weight is 735 g/mol. The molecule has 0 spiro atoms. The molecule has 0 fully saturated rings. The molecule has 0 amide bonds. The normalized spacial score (nSPS) is 11.7. The van der Waals surface area contributed by atoms with Gasteiger partial charge in [0.2, 0.25) is 0 Å². The topological polar surface area (TPSA) is 114 Å². The molecule has 49 heavy (non-hydrogen) atoms. The van der Waals surface area contributed by atoms with Crippen molar-refractivity contribution in [2.45, 2.75) is 139 Å². The monoisotopic (exact) mass is 734 g/mol. The summed E-state index contributed by atoms with van der Waals surface area (Å²) in [6, 6.07) is 21.5. The van der Waals surface area contributed by atoms with Crippen molar-refractivity contribution in [1.82, 2.24) is 0 Å². The fourth-order valence-corrected chi connectivity index (χ4v) is 7.80. The Kier molecular flexibility index (Phi) is 20.6. The minimum atomic E-state index is -4.45. The standard InChI is InChI=1S/2C20H28O3S.Ca/c2*1-2-3-4-5-6-7-8-9-12-17-15-18-13-10-11-14-19(18)20(16-17)24(21,22)23;/h2*10-11,13-16H,2-9,12H2,1H3,(H,21,22,23);/q;;+2/p-2. The third-order valence-electron chi connectivity index (χ3n) is 8.94. The van der Waals surface area contributed by atoms with Crippen LogP contribution in [-0.4, -0.2) is 63.7 Å². The molecule has 0 N–H and O–H groups in total. The van der Waals surface area contributed by atoms with Crippen LogP contribution in [0.4, 0.5) is 0 Å². The average Bonchev–Trinajstić information content (AvgIpc) is 3.06. The zero-order chi connectivity index (χ0) is 34.8.